The van der Waals surface area contributed by atoms with Gasteiger partial charge in [0.05, 0.1) is 29.6 Å². The van der Waals surface area contributed by atoms with Crippen molar-refractivity contribution < 1.29 is 9.53 Å². The highest BCUT2D eigenvalue weighted by Gasteiger charge is 2.13. The fourth-order valence-corrected chi connectivity index (χ4v) is 3.24. The third-order valence-corrected chi connectivity index (χ3v) is 4.94. The first kappa shape index (κ1) is 21.2. The lowest BCUT2D eigenvalue weighted by atomic mass is 10.0. The van der Waals surface area contributed by atoms with Crippen molar-refractivity contribution in [3.8, 4) is 17.0 Å². The Balaban J connectivity index is 1.51. The fourth-order valence-electron chi connectivity index (χ4n) is 3.24. The predicted molar refractivity (Wildman–Crippen MR) is 127 cm³/mol. The zero-order valence-corrected chi connectivity index (χ0v) is 17.9. The van der Waals surface area contributed by atoms with Crippen LogP contribution in [0.25, 0.3) is 22.2 Å². The van der Waals surface area contributed by atoms with Gasteiger partial charge in [0.15, 0.2) is 0 Å². The molecule has 32 heavy (non-hydrogen) atoms. The summed E-state index contributed by atoms with van der Waals surface area (Å²) in [5.74, 6) is 0.523. The molecule has 0 aliphatic heterocycles. The molecule has 0 atom stereocenters. The molecule has 0 saturated heterocycles. The molecule has 1 N–H and O–H groups in total. The molecule has 0 saturated carbocycles. The Hall–Kier alpha value is -4.06. The van der Waals surface area contributed by atoms with E-state index >= 15 is 0 Å². The van der Waals surface area contributed by atoms with Crippen molar-refractivity contribution in [1.82, 2.24) is 15.4 Å². The number of unbranched alkanes of at least 4 members (excludes halogenated alkanes) is 1. The number of hydrazone groups is 1. The molecule has 2 heterocycles. The molecule has 0 fully saturated rings. The number of fused-ring (bicyclic) bond motifs is 1. The van der Waals surface area contributed by atoms with Crippen molar-refractivity contribution >= 4 is 23.0 Å². The molecule has 0 aliphatic carbocycles. The summed E-state index contributed by atoms with van der Waals surface area (Å²) >= 11 is 0. The number of carbonyl (C=O) groups excluding carboxylic acids is 1. The van der Waals surface area contributed by atoms with Crippen LogP contribution in [0.15, 0.2) is 84.2 Å². The third-order valence-electron chi connectivity index (χ3n) is 4.94. The van der Waals surface area contributed by atoms with Crippen molar-refractivity contribution in [3.63, 3.8) is 0 Å². The van der Waals surface area contributed by atoms with Crippen LogP contribution >= 0.6 is 0 Å². The largest absolute Gasteiger partial charge is 0.494 e. The number of amides is 1. The topological polar surface area (TPSA) is 76.5 Å². The van der Waals surface area contributed by atoms with Gasteiger partial charge in [0, 0.05) is 23.3 Å². The van der Waals surface area contributed by atoms with Gasteiger partial charge < -0.3 is 4.74 Å². The highest BCUT2D eigenvalue weighted by molar-refractivity contribution is 6.07. The standard InChI is InChI=1S/C26H24N4O2/c1-2-3-15-32-21-12-10-19(11-13-21)17-28-30-26(31)23-16-25(20-7-6-14-27-18-20)29-24-9-5-4-8-22(23)24/h4-14,16-18H,2-3,15H2,1H3,(H,30,31). The first-order chi connectivity index (χ1) is 15.7. The molecule has 0 unspecified atom stereocenters. The molecule has 2 aromatic heterocycles. The summed E-state index contributed by atoms with van der Waals surface area (Å²) in [4.78, 5) is 21.8. The Morgan fingerprint density at radius 3 is 2.72 bits per heavy atom. The monoisotopic (exact) mass is 424 g/mol. The Morgan fingerprint density at radius 1 is 1.09 bits per heavy atom. The van der Waals surface area contributed by atoms with Crippen LogP contribution in [0, 0.1) is 0 Å². The minimum absolute atomic E-state index is 0.301. The van der Waals surface area contributed by atoms with Gasteiger partial charge in [-0.05, 0) is 60.5 Å². The Kier molecular flexibility index (Phi) is 6.82. The number of nitrogens with zero attached hydrogens (tertiary/aromatic N) is 3. The predicted octanol–water partition coefficient (Wildman–Crippen LogP) is 5.24. The number of ether oxygens (including phenoxy) is 1. The quantitative estimate of drug-likeness (QED) is 0.238. The Morgan fingerprint density at radius 2 is 1.94 bits per heavy atom. The number of benzene rings is 2. The summed E-state index contributed by atoms with van der Waals surface area (Å²) in [6, 6.07) is 20.7. The zero-order valence-electron chi connectivity index (χ0n) is 17.9. The van der Waals surface area contributed by atoms with Gasteiger partial charge in [-0.2, -0.15) is 5.10 Å². The summed E-state index contributed by atoms with van der Waals surface area (Å²) in [5, 5.41) is 4.90. The third kappa shape index (κ3) is 5.16. The van der Waals surface area contributed by atoms with Crippen LogP contribution in [0.1, 0.15) is 35.7 Å². The molecule has 0 bridgehead atoms. The lowest BCUT2D eigenvalue weighted by Crippen LogP contribution is -2.18. The van der Waals surface area contributed by atoms with Gasteiger partial charge in [-0.1, -0.05) is 31.5 Å². The van der Waals surface area contributed by atoms with Crippen molar-refractivity contribution in [2.45, 2.75) is 19.8 Å². The number of hydrogen-bond acceptors (Lipinski definition) is 5. The maximum atomic E-state index is 12.9. The smallest absolute Gasteiger partial charge is 0.272 e. The fraction of sp³-hybridized carbons (Fsp3) is 0.154. The molecule has 6 nitrogen and oxygen atoms in total. The van der Waals surface area contributed by atoms with E-state index in [1.54, 1.807) is 24.7 Å². The minimum atomic E-state index is -0.301. The van der Waals surface area contributed by atoms with Crippen LogP contribution in [-0.4, -0.2) is 28.7 Å². The summed E-state index contributed by atoms with van der Waals surface area (Å²) in [5.41, 5.74) is 6.27. The normalized spacial score (nSPS) is 11.0. The van der Waals surface area contributed by atoms with Gasteiger partial charge in [0.25, 0.3) is 5.91 Å². The van der Waals surface area contributed by atoms with Gasteiger partial charge in [-0.3, -0.25) is 9.78 Å². The second kappa shape index (κ2) is 10.3. The van der Waals surface area contributed by atoms with Crippen molar-refractivity contribution in [1.29, 1.82) is 0 Å². The Bertz CT molecular complexity index is 1220. The number of carbonyl (C=O) groups is 1. The summed E-state index contributed by atoms with van der Waals surface area (Å²) in [6.45, 7) is 2.84. The number of pyridine rings is 2. The molecule has 4 rings (SSSR count). The van der Waals surface area contributed by atoms with E-state index in [2.05, 4.69) is 27.4 Å². The first-order valence-electron chi connectivity index (χ1n) is 10.6. The van der Waals surface area contributed by atoms with E-state index in [0.717, 1.165) is 40.6 Å². The average molecular weight is 425 g/mol. The maximum absolute atomic E-state index is 12.9. The van der Waals surface area contributed by atoms with E-state index in [1.165, 1.54) is 0 Å². The second-order valence-corrected chi connectivity index (χ2v) is 7.28. The number of nitrogens with one attached hydrogen (secondary N) is 1. The molecule has 0 radical (unpaired) electrons. The molecule has 0 spiro atoms. The summed E-state index contributed by atoms with van der Waals surface area (Å²) < 4.78 is 5.67. The second-order valence-electron chi connectivity index (χ2n) is 7.28. The first-order valence-corrected chi connectivity index (χ1v) is 10.6. The number of hydrogen-bond donors (Lipinski definition) is 1. The van der Waals surface area contributed by atoms with Crippen LogP contribution in [0.2, 0.25) is 0 Å². The van der Waals surface area contributed by atoms with E-state index in [0.29, 0.717) is 17.9 Å². The molecule has 6 heteroatoms. The van der Waals surface area contributed by atoms with Crippen molar-refractivity contribution in [3.05, 3.63) is 90.3 Å². The van der Waals surface area contributed by atoms with Crippen LogP contribution < -0.4 is 10.2 Å². The molecule has 0 aliphatic rings. The average Bonchev–Trinajstić information content (AvgIpc) is 2.85. The molecular weight excluding hydrogens is 400 g/mol. The lowest BCUT2D eigenvalue weighted by molar-refractivity contribution is 0.0956. The van der Waals surface area contributed by atoms with E-state index in [-0.39, 0.29) is 5.91 Å². The molecule has 1 amide bonds. The minimum Gasteiger partial charge on any atom is -0.494 e. The maximum Gasteiger partial charge on any atom is 0.272 e. The van der Waals surface area contributed by atoms with Crippen molar-refractivity contribution in [2.75, 3.05) is 6.61 Å². The van der Waals surface area contributed by atoms with Gasteiger partial charge in [0.2, 0.25) is 0 Å². The van der Waals surface area contributed by atoms with Gasteiger partial charge in [-0.15, -0.1) is 0 Å². The number of aromatic nitrogens is 2. The lowest BCUT2D eigenvalue weighted by Gasteiger charge is -2.09. The SMILES string of the molecule is CCCCOc1ccc(C=NNC(=O)c2cc(-c3cccnc3)nc3ccccc23)cc1. The van der Waals surface area contributed by atoms with E-state index in [1.807, 2.05) is 60.7 Å². The molecular formula is C26H24N4O2. The van der Waals surface area contributed by atoms with E-state index in [9.17, 15) is 4.79 Å². The van der Waals surface area contributed by atoms with E-state index < -0.39 is 0 Å². The summed E-state index contributed by atoms with van der Waals surface area (Å²) in [7, 11) is 0. The van der Waals surface area contributed by atoms with Gasteiger partial charge in [0.1, 0.15) is 5.75 Å². The van der Waals surface area contributed by atoms with Crippen molar-refractivity contribution in [2.24, 2.45) is 5.10 Å². The zero-order chi connectivity index (χ0) is 22.2. The molecule has 2 aromatic carbocycles. The van der Waals surface area contributed by atoms with Crippen LogP contribution in [-0.2, 0) is 0 Å². The van der Waals surface area contributed by atoms with Gasteiger partial charge >= 0.3 is 0 Å². The molecule has 4 aromatic rings. The highest BCUT2D eigenvalue weighted by Crippen LogP contribution is 2.24. The van der Waals surface area contributed by atoms with Crippen LogP contribution in [0.4, 0.5) is 0 Å². The van der Waals surface area contributed by atoms with Crippen LogP contribution in [0.3, 0.4) is 0 Å². The molecule has 160 valence electrons. The number of rotatable bonds is 8. The van der Waals surface area contributed by atoms with E-state index in [4.69, 9.17) is 4.74 Å². The number of para-hydroxylation sites is 1. The van der Waals surface area contributed by atoms with Gasteiger partial charge in [-0.25, -0.2) is 10.4 Å². The Labute approximate surface area is 187 Å². The summed E-state index contributed by atoms with van der Waals surface area (Å²) in [6.07, 6.45) is 7.17. The van der Waals surface area contributed by atoms with Crippen LogP contribution in [0.5, 0.6) is 5.75 Å². The highest BCUT2D eigenvalue weighted by atomic mass is 16.5.